The third-order valence-corrected chi connectivity index (χ3v) is 5.02. The van der Waals surface area contributed by atoms with Gasteiger partial charge in [-0.25, -0.2) is 13.5 Å². The van der Waals surface area contributed by atoms with E-state index in [1.54, 1.807) is 13.2 Å². The number of halogens is 2. The number of nitrogens with two attached hydrogens (primary N) is 1. The van der Waals surface area contributed by atoms with Crippen molar-refractivity contribution >= 4 is 11.9 Å². The maximum absolute atomic E-state index is 14.3. The molecule has 1 aliphatic rings. The Bertz CT molecular complexity index is 1060. The first-order valence-electron chi connectivity index (χ1n) is 8.79. The van der Waals surface area contributed by atoms with E-state index in [1.165, 1.54) is 28.9 Å². The van der Waals surface area contributed by atoms with Gasteiger partial charge in [-0.05, 0) is 49.6 Å². The van der Waals surface area contributed by atoms with Crippen molar-refractivity contribution in [1.82, 2.24) is 19.7 Å². The summed E-state index contributed by atoms with van der Waals surface area (Å²) in [6, 6.07) is 6.71. The monoisotopic (exact) mass is 384 g/mol. The number of hydrogen-bond donors (Lipinski definition) is 2. The number of aromatic nitrogens is 4. The molecule has 7 nitrogen and oxygen atoms in total. The predicted octanol–water partition coefficient (Wildman–Crippen LogP) is 2.75. The van der Waals surface area contributed by atoms with Crippen LogP contribution in [0.5, 0.6) is 0 Å². The lowest BCUT2D eigenvalue weighted by Crippen LogP contribution is -2.44. The van der Waals surface area contributed by atoms with Crippen LogP contribution in [0.2, 0.25) is 0 Å². The zero-order valence-electron chi connectivity index (χ0n) is 15.1. The van der Waals surface area contributed by atoms with Crippen LogP contribution in [0.3, 0.4) is 0 Å². The van der Waals surface area contributed by atoms with Crippen LogP contribution in [0.15, 0.2) is 36.5 Å². The standard InChI is InChI=1S/C19H18F2N6O/c1-27-17(12-10-11(16(22)28)5-6-13(12)20)24-18(26-27)25-19(7-3-8-19)15-14(21)4-2-9-23-15/h2,4-6,9-10H,3,7-8H2,1H3,(H2,22,28)(H,25,26). The maximum atomic E-state index is 14.3. The maximum Gasteiger partial charge on any atom is 0.248 e. The molecule has 0 radical (unpaired) electrons. The summed E-state index contributed by atoms with van der Waals surface area (Å²) in [5, 5.41) is 7.46. The highest BCUT2D eigenvalue weighted by atomic mass is 19.1. The van der Waals surface area contributed by atoms with Gasteiger partial charge in [-0.1, -0.05) is 0 Å². The van der Waals surface area contributed by atoms with Crippen LogP contribution in [0, 0.1) is 11.6 Å². The molecular formula is C19H18F2N6O. The van der Waals surface area contributed by atoms with Gasteiger partial charge in [-0.15, -0.1) is 5.10 Å². The van der Waals surface area contributed by atoms with Gasteiger partial charge in [0.15, 0.2) is 5.82 Å². The van der Waals surface area contributed by atoms with E-state index in [2.05, 4.69) is 20.4 Å². The lowest BCUT2D eigenvalue weighted by atomic mass is 9.74. The van der Waals surface area contributed by atoms with Crippen LogP contribution in [0.1, 0.15) is 35.3 Å². The highest BCUT2D eigenvalue weighted by Crippen LogP contribution is 2.43. The van der Waals surface area contributed by atoms with E-state index in [-0.39, 0.29) is 22.9 Å². The van der Waals surface area contributed by atoms with Crippen molar-refractivity contribution in [3.8, 4) is 11.4 Å². The number of carbonyl (C=O) groups is 1. The molecule has 3 N–H and O–H groups in total. The van der Waals surface area contributed by atoms with Crippen LogP contribution in [-0.2, 0) is 12.6 Å². The molecule has 0 aliphatic heterocycles. The fraction of sp³-hybridized carbons (Fsp3) is 0.263. The van der Waals surface area contributed by atoms with Gasteiger partial charge in [-0.2, -0.15) is 4.98 Å². The van der Waals surface area contributed by atoms with E-state index in [4.69, 9.17) is 5.73 Å². The fourth-order valence-corrected chi connectivity index (χ4v) is 3.43. The summed E-state index contributed by atoms with van der Waals surface area (Å²) in [6.45, 7) is 0. The summed E-state index contributed by atoms with van der Waals surface area (Å²) in [5.41, 5.74) is 5.17. The van der Waals surface area contributed by atoms with Gasteiger partial charge in [0.05, 0.1) is 11.1 Å². The Morgan fingerprint density at radius 3 is 2.68 bits per heavy atom. The van der Waals surface area contributed by atoms with Gasteiger partial charge in [-0.3, -0.25) is 9.78 Å². The van der Waals surface area contributed by atoms with Crippen molar-refractivity contribution in [2.75, 3.05) is 5.32 Å². The normalized spacial score (nSPS) is 15.1. The first-order valence-corrected chi connectivity index (χ1v) is 8.79. The minimum absolute atomic E-state index is 0.103. The molecule has 1 amide bonds. The Balaban J connectivity index is 1.70. The number of rotatable bonds is 5. The molecule has 1 aromatic carbocycles. The Hall–Kier alpha value is -3.36. The molecule has 0 saturated heterocycles. The molecule has 2 heterocycles. The van der Waals surface area contributed by atoms with Crippen molar-refractivity contribution in [1.29, 1.82) is 0 Å². The van der Waals surface area contributed by atoms with Crippen LogP contribution < -0.4 is 11.1 Å². The molecule has 144 valence electrons. The molecule has 28 heavy (non-hydrogen) atoms. The van der Waals surface area contributed by atoms with Crippen LogP contribution in [-0.4, -0.2) is 25.7 Å². The van der Waals surface area contributed by atoms with Gasteiger partial charge < -0.3 is 11.1 Å². The number of carbonyl (C=O) groups excluding carboxylic acids is 1. The van der Waals surface area contributed by atoms with Crippen molar-refractivity contribution in [2.24, 2.45) is 12.8 Å². The fourth-order valence-electron chi connectivity index (χ4n) is 3.43. The van der Waals surface area contributed by atoms with Gasteiger partial charge in [0.2, 0.25) is 11.9 Å². The molecule has 2 aromatic heterocycles. The van der Waals surface area contributed by atoms with E-state index in [9.17, 15) is 13.6 Å². The molecule has 3 aromatic rings. The molecule has 1 aliphatic carbocycles. The first-order chi connectivity index (χ1) is 13.4. The summed E-state index contributed by atoms with van der Waals surface area (Å²) in [4.78, 5) is 20.0. The first kappa shape index (κ1) is 18.0. The number of pyridine rings is 1. The van der Waals surface area contributed by atoms with Crippen LogP contribution in [0.25, 0.3) is 11.4 Å². The van der Waals surface area contributed by atoms with E-state index < -0.39 is 23.1 Å². The molecule has 4 rings (SSSR count). The quantitative estimate of drug-likeness (QED) is 0.705. The molecule has 0 spiro atoms. The number of primary amides is 1. The minimum Gasteiger partial charge on any atom is -0.366 e. The number of amides is 1. The lowest BCUT2D eigenvalue weighted by Gasteiger charge is -2.41. The zero-order valence-corrected chi connectivity index (χ0v) is 15.1. The molecule has 1 saturated carbocycles. The Morgan fingerprint density at radius 2 is 2.04 bits per heavy atom. The summed E-state index contributed by atoms with van der Waals surface area (Å²) in [7, 11) is 1.61. The second-order valence-corrected chi connectivity index (χ2v) is 6.84. The van der Waals surface area contributed by atoms with Crippen LogP contribution >= 0.6 is 0 Å². The van der Waals surface area contributed by atoms with Gasteiger partial charge in [0.1, 0.15) is 17.3 Å². The second kappa shape index (κ2) is 6.66. The third kappa shape index (κ3) is 2.98. The predicted molar refractivity (Wildman–Crippen MR) is 98.3 cm³/mol. The number of nitrogens with one attached hydrogen (secondary N) is 1. The number of aryl methyl sites for hydroxylation is 1. The largest absolute Gasteiger partial charge is 0.366 e. The highest BCUT2D eigenvalue weighted by Gasteiger charge is 2.43. The molecule has 0 bridgehead atoms. The van der Waals surface area contributed by atoms with Gasteiger partial charge >= 0.3 is 0 Å². The van der Waals surface area contributed by atoms with Crippen molar-refractivity contribution in [3.05, 3.63) is 59.4 Å². The Morgan fingerprint density at radius 1 is 1.25 bits per heavy atom. The molecule has 0 unspecified atom stereocenters. The van der Waals surface area contributed by atoms with E-state index in [0.29, 0.717) is 18.5 Å². The van der Waals surface area contributed by atoms with Crippen molar-refractivity contribution < 1.29 is 13.6 Å². The average Bonchev–Trinajstić information content (AvgIpc) is 2.99. The highest BCUT2D eigenvalue weighted by molar-refractivity contribution is 5.94. The summed E-state index contributed by atoms with van der Waals surface area (Å²) < 4.78 is 30.0. The topological polar surface area (TPSA) is 98.7 Å². The Labute approximate surface area is 159 Å². The number of nitrogens with zero attached hydrogens (tertiary/aromatic N) is 4. The minimum atomic E-state index is -0.697. The molecule has 1 fully saturated rings. The van der Waals surface area contributed by atoms with Gasteiger partial charge in [0.25, 0.3) is 0 Å². The van der Waals surface area contributed by atoms with E-state index in [0.717, 1.165) is 12.5 Å². The number of anilines is 1. The van der Waals surface area contributed by atoms with Gasteiger partial charge in [0, 0.05) is 18.8 Å². The second-order valence-electron chi connectivity index (χ2n) is 6.84. The summed E-state index contributed by atoms with van der Waals surface area (Å²) in [5.74, 6) is -1.17. The van der Waals surface area contributed by atoms with Crippen molar-refractivity contribution in [2.45, 2.75) is 24.8 Å². The van der Waals surface area contributed by atoms with E-state index in [1.807, 2.05) is 0 Å². The smallest absolute Gasteiger partial charge is 0.248 e. The molecular weight excluding hydrogens is 366 g/mol. The third-order valence-electron chi connectivity index (χ3n) is 5.02. The SMILES string of the molecule is Cn1nc(NC2(c3ncccc3F)CCC2)nc1-c1cc(C(N)=O)ccc1F. The average molecular weight is 384 g/mol. The molecule has 9 heteroatoms. The zero-order chi connectivity index (χ0) is 19.9. The van der Waals surface area contributed by atoms with E-state index >= 15 is 0 Å². The van der Waals surface area contributed by atoms with Crippen LogP contribution in [0.4, 0.5) is 14.7 Å². The lowest BCUT2D eigenvalue weighted by molar-refractivity contribution is 0.100. The Kier molecular flexibility index (Phi) is 4.29. The number of hydrogen-bond acceptors (Lipinski definition) is 5. The molecule has 0 atom stereocenters. The van der Waals surface area contributed by atoms with Crippen molar-refractivity contribution in [3.63, 3.8) is 0 Å². The number of benzene rings is 1. The summed E-state index contributed by atoms with van der Waals surface area (Å²) >= 11 is 0. The summed E-state index contributed by atoms with van der Waals surface area (Å²) in [6.07, 6.45) is 3.82.